The second-order valence-electron chi connectivity index (χ2n) is 7.30. The van der Waals surface area contributed by atoms with Gasteiger partial charge in [0.1, 0.15) is 5.60 Å². The predicted molar refractivity (Wildman–Crippen MR) is 80.8 cm³/mol. The fourth-order valence-electron chi connectivity index (χ4n) is 3.14. The summed E-state index contributed by atoms with van der Waals surface area (Å²) in [6, 6.07) is 0.578. The number of hydrogen-bond donors (Lipinski definition) is 1. The molecular weight excluding hydrogens is 252 g/mol. The van der Waals surface area contributed by atoms with Crippen LogP contribution in [0.15, 0.2) is 0 Å². The van der Waals surface area contributed by atoms with E-state index >= 15 is 0 Å². The normalized spacial score (nSPS) is 22.2. The van der Waals surface area contributed by atoms with Gasteiger partial charge in [0.15, 0.2) is 0 Å². The lowest BCUT2D eigenvalue weighted by atomic mass is 10.0. The summed E-state index contributed by atoms with van der Waals surface area (Å²) in [6.45, 7) is 8.55. The van der Waals surface area contributed by atoms with E-state index < -0.39 is 5.60 Å². The molecule has 2 rings (SSSR count). The Hall–Kier alpha value is -0.770. The molecular formula is C16H30N2O2. The van der Waals surface area contributed by atoms with Crippen molar-refractivity contribution in [2.75, 3.05) is 19.6 Å². The number of piperidine rings is 1. The van der Waals surface area contributed by atoms with E-state index in [1.807, 2.05) is 25.7 Å². The maximum atomic E-state index is 12.0. The molecule has 2 fully saturated rings. The summed E-state index contributed by atoms with van der Waals surface area (Å²) in [5.41, 5.74) is -0.394. The van der Waals surface area contributed by atoms with Gasteiger partial charge in [-0.15, -0.1) is 0 Å². The molecule has 0 aromatic heterocycles. The Bertz CT molecular complexity index is 311. The number of hydrogen-bond acceptors (Lipinski definition) is 3. The summed E-state index contributed by atoms with van der Waals surface area (Å²) in [5.74, 6) is 0.888. The SMILES string of the molecule is CC(C)(C)OC(=O)N1CCC(NCC2CCCC2)CC1. The number of ether oxygens (including phenoxy) is 1. The molecule has 1 amide bonds. The second kappa shape index (κ2) is 6.79. The highest BCUT2D eigenvalue weighted by atomic mass is 16.6. The molecule has 1 heterocycles. The topological polar surface area (TPSA) is 41.6 Å². The zero-order valence-corrected chi connectivity index (χ0v) is 13.3. The van der Waals surface area contributed by atoms with E-state index in [1.54, 1.807) is 0 Å². The molecule has 1 saturated heterocycles. The molecule has 116 valence electrons. The molecule has 1 aliphatic heterocycles. The van der Waals surface area contributed by atoms with Crippen LogP contribution in [0, 0.1) is 5.92 Å². The lowest BCUT2D eigenvalue weighted by Gasteiger charge is -2.34. The van der Waals surface area contributed by atoms with Crippen molar-refractivity contribution in [3.63, 3.8) is 0 Å². The Morgan fingerprint density at radius 2 is 1.75 bits per heavy atom. The Kier molecular flexibility index (Phi) is 5.30. The molecule has 0 unspecified atom stereocenters. The first kappa shape index (κ1) is 15.6. The van der Waals surface area contributed by atoms with E-state index in [4.69, 9.17) is 4.74 Å². The molecule has 0 spiro atoms. The van der Waals surface area contributed by atoms with Crippen molar-refractivity contribution in [1.29, 1.82) is 0 Å². The van der Waals surface area contributed by atoms with Crippen LogP contribution in [0.1, 0.15) is 59.3 Å². The molecule has 2 aliphatic rings. The highest BCUT2D eigenvalue weighted by molar-refractivity contribution is 5.68. The van der Waals surface area contributed by atoms with Gasteiger partial charge in [-0.25, -0.2) is 4.79 Å². The molecule has 0 bridgehead atoms. The molecule has 0 aromatic carbocycles. The fraction of sp³-hybridized carbons (Fsp3) is 0.938. The van der Waals surface area contributed by atoms with Gasteiger partial charge in [-0.2, -0.15) is 0 Å². The van der Waals surface area contributed by atoms with Crippen LogP contribution in [0.5, 0.6) is 0 Å². The van der Waals surface area contributed by atoms with Gasteiger partial charge in [-0.05, 0) is 58.9 Å². The van der Waals surface area contributed by atoms with Crippen LogP contribution >= 0.6 is 0 Å². The molecule has 4 heteroatoms. The van der Waals surface area contributed by atoms with Crippen LogP contribution in [-0.2, 0) is 4.74 Å². The van der Waals surface area contributed by atoms with Crippen LogP contribution in [0.25, 0.3) is 0 Å². The Labute approximate surface area is 123 Å². The highest BCUT2D eigenvalue weighted by Gasteiger charge is 2.27. The Morgan fingerprint density at radius 1 is 1.15 bits per heavy atom. The number of carbonyl (C=O) groups is 1. The average Bonchev–Trinajstić information content (AvgIpc) is 2.88. The van der Waals surface area contributed by atoms with Gasteiger partial charge >= 0.3 is 6.09 Å². The van der Waals surface area contributed by atoms with Gasteiger partial charge in [-0.3, -0.25) is 0 Å². The molecule has 0 radical (unpaired) electrons. The third-order valence-electron chi connectivity index (χ3n) is 4.32. The Morgan fingerprint density at radius 3 is 2.30 bits per heavy atom. The average molecular weight is 282 g/mol. The van der Waals surface area contributed by atoms with Gasteiger partial charge in [0, 0.05) is 19.1 Å². The summed E-state index contributed by atoms with van der Waals surface area (Å²) in [4.78, 5) is 13.8. The minimum atomic E-state index is -0.394. The van der Waals surface area contributed by atoms with E-state index in [1.165, 1.54) is 25.7 Å². The van der Waals surface area contributed by atoms with Crippen molar-refractivity contribution in [3.8, 4) is 0 Å². The zero-order chi connectivity index (χ0) is 14.6. The first-order valence-electron chi connectivity index (χ1n) is 8.15. The van der Waals surface area contributed by atoms with E-state index in [0.717, 1.165) is 38.4 Å². The minimum Gasteiger partial charge on any atom is -0.444 e. The molecule has 1 N–H and O–H groups in total. The van der Waals surface area contributed by atoms with Crippen molar-refractivity contribution in [2.45, 2.75) is 70.9 Å². The fourth-order valence-corrected chi connectivity index (χ4v) is 3.14. The van der Waals surface area contributed by atoms with Crippen LogP contribution < -0.4 is 5.32 Å². The van der Waals surface area contributed by atoms with Gasteiger partial charge in [-0.1, -0.05) is 12.8 Å². The summed E-state index contributed by atoms with van der Waals surface area (Å²) in [5, 5.41) is 3.69. The number of rotatable bonds is 3. The number of amides is 1. The monoisotopic (exact) mass is 282 g/mol. The summed E-state index contributed by atoms with van der Waals surface area (Å²) in [6.07, 6.45) is 7.53. The van der Waals surface area contributed by atoms with Crippen molar-refractivity contribution < 1.29 is 9.53 Å². The van der Waals surface area contributed by atoms with Gasteiger partial charge in [0.05, 0.1) is 0 Å². The van der Waals surface area contributed by atoms with Crippen LogP contribution in [0.3, 0.4) is 0 Å². The van der Waals surface area contributed by atoms with Gasteiger partial charge in [0.2, 0.25) is 0 Å². The number of nitrogens with zero attached hydrogens (tertiary/aromatic N) is 1. The maximum absolute atomic E-state index is 12.0. The van der Waals surface area contributed by atoms with Crippen molar-refractivity contribution in [1.82, 2.24) is 10.2 Å². The molecule has 1 saturated carbocycles. The van der Waals surface area contributed by atoms with Crippen LogP contribution in [0.2, 0.25) is 0 Å². The van der Waals surface area contributed by atoms with Crippen molar-refractivity contribution in [2.24, 2.45) is 5.92 Å². The lowest BCUT2D eigenvalue weighted by molar-refractivity contribution is 0.0197. The largest absolute Gasteiger partial charge is 0.444 e. The van der Waals surface area contributed by atoms with E-state index in [2.05, 4.69) is 5.32 Å². The summed E-state index contributed by atoms with van der Waals surface area (Å²) >= 11 is 0. The van der Waals surface area contributed by atoms with Gasteiger partial charge < -0.3 is 15.0 Å². The quantitative estimate of drug-likeness (QED) is 0.864. The first-order valence-corrected chi connectivity index (χ1v) is 8.15. The second-order valence-corrected chi connectivity index (χ2v) is 7.30. The first-order chi connectivity index (χ1) is 9.44. The number of nitrogens with one attached hydrogen (secondary N) is 1. The molecule has 20 heavy (non-hydrogen) atoms. The summed E-state index contributed by atoms with van der Waals surface area (Å²) in [7, 11) is 0. The highest BCUT2D eigenvalue weighted by Crippen LogP contribution is 2.24. The smallest absolute Gasteiger partial charge is 0.410 e. The van der Waals surface area contributed by atoms with E-state index in [-0.39, 0.29) is 6.09 Å². The van der Waals surface area contributed by atoms with E-state index in [9.17, 15) is 4.79 Å². The molecule has 4 nitrogen and oxygen atoms in total. The van der Waals surface area contributed by atoms with Crippen LogP contribution in [0.4, 0.5) is 4.79 Å². The predicted octanol–water partition coefficient (Wildman–Crippen LogP) is 3.17. The molecule has 0 atom stereocenters. The number of likely N-dealkylation sites (tertiary alicyclic amines) is 1. The van der Waals surface area contributed by atoms with Crippen molar-refractivity contribution >= 4 is 6.09 Å². The molecule has 1 aliphatic carbocycles. The molecule has 0 aromatic rings. The number of carbonyl (C=O) groups excluding carboxylic acids is 1. The maximum Gasteiger partial charge on any atom is 0.410 e. The third-order valence-corrected chi connectivity index (χ3v) is 4.32. The standard InChI is InChI=1S/C16H30N2O2/c1-16(2,3)20-15(19)18-10-8-14(9-11-18)17-12-13-6-4-5-7-13/h13-14,17H,4-12H2,1-3H3. The third kappa shape index (κ3) is 4.97. The van der Waals surface area contributed by atoms with Gasteiger partial charge in [0.25, 0.3) is 0 Å². The lowest BCUT2D eigenvalue weighted by Crippen LogP contribution is -2.47. The Balaban J connectivity index is 1.65. The van der Waals surface area contributed by atoms with E-state index in [0.29, 0.717) is 6.04 Å². The van der Waals surface area contributed by atoms with Crippen molar-refractivity contribution in [3.05, 3.63) is 0 Å². The summed E-state index contributed by atoms with van der Waals surface area (Å²) < 4.78 is 5.42. The van der Waals surface area contributed by atoms with Crippen LogP contribution in [-0.4, -0.2) is 42.3 Å². The zero-order valence-electron chi connectivity index (χ0n) is 13.3. The minimum absolute atomic E-state index is 0.160.